The van der Waals surface area contributed by atoms with Crippen LogP contribution in [0.15, 0.2) is 54.7 Å². The fourth-order valence-electron chi connectivity index (χ4n) is 2.30. The number of benzene rings is 2. The van der Waals surface area contributed by atoms with Crippen molar-refractivity contribution in [2.45, 2.75) is 0 Å². The number of aromatic nitrogens is 1. The Kier molecular flexibility index (Phi) is 2.84. The van der Waals surface area contributed by atoms with Crippen LogP contribution in [-0.4, -0.2) is 21.2 Å². The number of pyridine rings is 1. The molecule has 2 N–H and O–H groups in total. The molecule has 0 spiro atoms. The van der Waals surface area contributed by atoms with Crippen molar-refractivity contribution in [1.29, 1.82) is 0 Å². The Balaban J connectivity index is 2.37. The fourth-order valence-corrected chi connectivity index (χ4v) is 2.30. The van der Waals surface area contributed by atoms with Gasteiger partial charge in [0.15, 0.2) is 0 Å². The van der Waals surface area contributed by atoms with Crippen LogP contribution in [0.5, 0.6) is 5.75 Å². The molecule has 0 saturated heterocycles. The molecule has 0 aliphatic carbocycles. The number of phenols is 1. The molecule has 20 heavy (non-hydrogen) atoms. The molecule has 2 aromatic carbocycles. The summed E-state index contributed by atoms with van der Waals surface area (Å²) in [6, 6.07) is 13.6. The summed E-state index contributed by atoms with van der Waals surface area (Å²) < 4.78 is 0. The van der Waals surface area contributed by atoms with Crippen LogP contribution in [0.25, 0.3) is 22.0 Å². The van der Waals surface area contributed by atoms with Crippen LogP contribution in [0.2, 0.25) is 0 Å². The van der Waals surface area contributed by atoms with Crippen LogP contribution in [0.1, 0.15) is 10.4 Å². The number of rotatable bonds is 2. The molecule has 0 atom stereocenters. The lowest BCUT2D eigenvalue weighted by Gasteiger charge is -2.10. The van der Waals surface area contributed by atoms with E-state index in [9.17, 15) is 15.0 Å². The van der Waals surface area contributed by atoms with Gasteiger partial charge in [0.05, 0.1) is 5.56 Å². The summed E-state index contributed by atoms with van der Waals surface area (Å²) >= 11 is 0. The molecule has 0 radical (unpaired) electrons. The summed E-state index contributed by atoms with van der Waals surface area (Å²) in [6.07, 6.45) is 1.59. The van der Waals surface area contributed by atoms with Crippen molar-refractivity contribution in [1.82, 2.24) is 4.98 Å². The predicted octanol–water partition coefficient (Wildman–Crippen LogP) is 3.31. The SMILES string of the molecule is O=C(O)c1ccccc1-c1ccc(O)c2ncccc12. The summed E-state index contributed by atoms with van der Waals surface area (Å²) in [5.74, 6) is -0.900. The number of aromatic hydroxyl groups is 1. The van der Waals surface area contributed by atoms with E-state index in [1.807, 2.05) is 6.07 Å². The third kappa shape index (κ3) is 1.87. The number of hydrogen-bond acceptors (Lipinski definition) is 3. The zero-order valence-electron chi connectivity index (χ0n) is 10.4. The van der Waals surface area contributed by atoms with Crippen LogP contribution >= 0.6 is 0 Å². The number of aromatic carboxylic acids is 1. The first-order chi connectivity index (χ1) is 9.68. The maximum absolute atomic E-state index is 11.3. The normalized spacial score (nSPS) is 10.6. The molecule has 1 heterocycles. The van der Waals surface area contributed by atoms with Gasteiger partial charge in [0, 0.05) is 11.6 Å². The van der Waals surface area contributed by atoms with Gasteiger partial charge in [0.2, 0.25) is 0 Å². The van der Waals surface area contributed by atoms with Crippen molar-refractivity contribution in [3.8, 4) is 16.9 Å². The van der Waals surface area contributed by atoms with E-state index in [1.54, 1.807) is 42.6 Å². The summed E-state index contributed by atoms with van der Waals surface area (Å²) in [5, 5.41) is 19.9. The lowest BCUT2D eigenvalue weighted by Crippen LogP contribution is -1.99. The van der Waals surface area contributed by atoms with Gasteiger partial charge in [-0.15, -0.1) is 0 Å². The van der Waals surface area contributed by atoms with Gasteiger partial charge in [0.1, 0.15) is 11.3 Å². The Morgan fingerprint density at radius 2 is 1.75 bits per heavy atom. The molecule has 3 rings (SSSR count). The average molecular weight is 265 g/mol. The first-order valence-electron chi connectivity index (χ1n) is 6.08. The van der Waals surface area contributed by atoms with Gasteiger partial charge in [0.25, 0.3) is 0 Å². The smallest absolute Gasteiger partial charge is 0.336 e. The molecule has 0 aliphatic rings. The Morgan fingerprint density at radius 3 is 2.55 bits per heavy atom. The van der Waals surface area contributed by atoms with E-state index < -0.39 is 5.97 Å². The summed E-state index contributed by atoms with van der Waals surface area (Å²) in [5.41, 5.74) is 2.04. The zero-order valence-corrected chi connectivity index (χ0v) is 10.4. The van der Waals surface area contributed by atoms with E-state index in [-0.39, 0.29) is 11.3 Å². The highest BCUT2D eigenvalue weighted by Gasteiger charge is 2.14. The van der Waals surface area contributed by atoms with Gasteiger partial charge in [-0.05, 0) is 35.4 Å². The van der Waals surface area contributed by atoms with Crippen LogP contribution in [0.3, 0.4) is 0 Å². The molecule has 0 unspecified atom stereocenters. The van der Waals surface area contributed by atoms with Crippen molar-refractivity contribution in [2.24, 2.45) is 0 Å². The van der Waals surface area contributed by atoms with Crippen LogP contribution < -0.4 is 0 Å². The lowest BCUT2D eigenvalue weighted by atomic mass is 9.96. The molecule has 0 aliphatic heterocycles. The Hall–Kier alpha value is -2.88. The fraction of sp³-hybridized carbons (Fsp3) is 0. The highest BCUT2D eigenvalue weighted by Crippen LogP contribution is 2.34. The molecule has 0 amide bonds. The van der Waals surface area contributed by atoms with E-state index in [1.165, 1.54) is 6.07 Å². The molecule has 4 nitrogen and oxygen atoms in total. The van der Waals surface area contributed by atoms with Crippen molar-refractivity contribution < 1.29 is 15.0 Å². The molecular formula is C16H11NO3. The number of fused-ring (bicyclic) bond motifs is 1. The largest absolute Gasteiger partial charge is 0.506 e. The third-order valence-corrected chi connectivity index (χ3v) is 3.20. The minimum absolute atomic E-state index is 0.0807. The van der Waals surface area contributed by atoms with Crippen molar-refractivity contribution in [2.75, 3.05) is 0 Å². The first kappa shape index (κ1) is 12.2. The second kappa shape index (κ2) is 4.66. The van der Waals surface area contributed by atoms with Crippen LogP contribution in [0.4, 0.5) is 0 Å². The number of nitrogens with zero attached hydrogens (tertiary/aromatic N) is 1. The maximum atomic E-state index is 11.3. The highest BCUT2D eigenvalue weighted by molar-refractivity contribution is 6.03. The second-order valence-electron chi connectivity index (χ2n) is 4.38. The van der Waals surface area contributed by atoms with E-state index >= 15 is 0 Å². The Bertz CT molecular complexity index is 812. The number of carboxylic acids is 1. The molecule has 98 valence electrons. The summed E-state index contributed by atoms with van der Waals surface area (Å²) in [4.78, 5) is 15.5. The monoisotopic (exact) mass is 265 g/mol. The summed E-state index contributed by atoms with van der Waals surface area (Å²) in [7, 11) is 0. The Labute approximate surface area is 115 Å². The molecule has 3 aromatic rings. The number of phenolic OH excluding ortho intramolecular Hbond substituents is 1. The molecule has 0 saturated carbocycles. The van der Waals surface area contributed by atoms with Crippen molar-refractivity contribution in [3.05, 3.63) is 60.3 Å². The van der Waals surface area contributed by atoms with E-state index in [0.29, 0.717) is 11.1 Å². The van der Waals surface area contributed by atoms with Crippen LogP contribution in [0, 0.1) is 0 Å². The minimum Gasteiger partial charge on any atom is -0.506 e. The van der Waals surface area contributed by atoms with Gasteiger partial charge in [-0.3, -0.25) is 4.98 Å². The molecule has 0 fully saturated rings. The number of hydrogen-bond donors (Lipinski definition) is 2. The third-order valence-electron chi connectivity index (χ3n) is 3.20. The zero-order chi connectivity index (χ0) is 14.1. The van der Waals surface area contributed by atoms with E-state index in [2.05, 4.69) is 4.98 Å². The van der Waals surface area contributed by atoms with Gasteiger partial charge in [-0.25, -0.2) is 4.79 Å². The van der Waals surface area contributed by atoms with E-state index in [0.717, 1.165) is 10.9 Å². The maximum Gasteiger partial charge on any atom is 0.336 e. The van der Waals surface area contributed by atoms with Gasteiger partial charge in [-0.2, -0.15) is 0 Å². The van der Waals surface area contributed by atoms with Crippen molar-refractivity contribution in [3.63, 3.8) is 0 Å². The predicted molar refractivity (Wildman–Crippen MR) is 75.8 cm³/mol. The molecule has 1 aromatic heterocycles. The molecule has 4 heteroatoms. The quantitative estimate of drug-likeness (QED) is 0.745. The average Bonchev–Trinajstić information content (AvgIpc) is 2.48. The number of carboxylic acid groups (broad SMARTS) is 1. The first-order valence-corrected chi connectivity index (χ1v) is 6.08. The molecule has 0 bridgehead atoms. The lowest BCUT2D eigenvalue weighted by molar-refractivity contribution is 0.0698. The standard InChI is InChI=1S/C16H11NO3/c18-14-8-7-11(12-6-3-9-17-15(12)14)10-4-1-2-5-13(10)16(19)20/h1-9,18H,(H,19,20). The second-order valence-corrected chi connectivity index (χ2v) is 4.38. The van der Waals surface area contributed by atoms with Gasteiger partial charge < -0.3 is 10.2 Å². The number of carbonyl (C=O) groups is 1. The van der Waals surface area contributed by atoms with Gasteiger partial charge in [-0.1, -0.05) is 24.3 Å². The van der Waals surface area contributed by atoms with E-state index in [4.69, 9.17) is 0 Å². The topological polar surface area (TPSA) is 70.4 Å². The van der Waals surface area contributed by atoms with Gasteiger partial charge >= 0.3 is 5.97 Å². The van der Waals surface area contributed by atoms with Crippen LogP contribution in [-0.2, 0) is 0 Å². The van der Waals surface area contributed by atoms with Crippen molar-refractivity contribution >= 4 is 16.9 Å². The Morgan fingerprint density at radius 1 is 0.950 bits per heavy atom. The highest BCUT2D eigenvalue weighted by atomic mass is 16.4. The summed E-state index contributed by atoms with van der Waals surface area (Å²) in [6.45, 7) is 0. The molecular weight excluding hydrogens is 254 g/mol. The minimum atomic E-state index is -0.981.